The van der Waals surface area contributed by atoms with Crippen LogP contribution in [0.25, 0.3) is 0 Å². The molecule has 0 aliphatic heterocycles. The van der Waals surface area contributed by atoms with E-state index < -0.39 is 6.03 Å². The number of hydrogen-bond acceptors (Lipinski definition) is 5. The van der Waals surface area contributed by atoms with Crippen LogP contribution >= 0.6 is 22.9 Å². The Bertz CT molecular complexity index is 957. The van der Waals surface area contributed by atoms with Crippen molar-refractivity contribution in [2.75, 3.05) is 10.6 Å². The minimum Gasteiger partial charge on any atom is -0.486 e. The summed E-state index contributed by atoms with van der Waals surface area (Å²) in [6.07, 6.45) is 0. The molecule has 6 nitrogen and oxygen atoms in total. The summed E-state index contributed by atoms with van der Waals surface area (Å²) in [7, 11) is 0. The lowest BCUT2D eigenvalue weighted by Gasteiger charge is -2.13. The summed E-state index contributed by atoms with van der Waals surface area (Å²) in [4.78, 5) is 12.1. The minimum absolute atomic E-state index is 0.293. The Labute approximate surface area is 172 Å². The van der Waals surface area contributed by atoms with Crippen LogP contribution < -0.4 is 15.4 Å². The Morgan fingerprint density at radius 1 is 1.14 bits per heavy atom. The number of hydrogen-bond donors (Lipinski definition) is 2. The molecule has 2 N–H and O–H groups in total. The maximum absolute atomic E-state index is 12.1. The highest BCUT2D eigenvalue weighted by atomic mass is 35.5. The van der Waals surface area contributed by atoms with Gasteiger partial charge in [0.25, 0.3) is 0 Å². The first-order valence-electron chi connectivity index (χ1n) is 8.80. The molecule has 1 heterocycles. The number of rotatable bonds is 6. The van der Waals surface area contributed by atoms with Gasteiger partial charge in [-0.1, -0.05) is 48.9 Å². The smallest absolute Gasteiger partial charge is 0.325 e. The number of urea groups is 1. The SMILES string of the molecule is Cc1ccc(C(C)C)c(OCc2nnc(NC(=O)Nc3ccc(Cl)cc3)s2)c1. The van der Waals surface area contributed by atoms with Crippen molar-refractivity contribution in [3.8, 4) is 5.75 Å². The van der Waals surface area contributed by atoms with Gasteiger partial charge in [-0.2, -0.15) is 0 Å². The highest BCUT2D eigenvalue weighted by molar-refractivity contribution is 7.15. The summed E-state index contributed by atoms with van der Waals surface area (Å²) in [6, 6.07) is 12.6. The van der Waals surface area contributed by atoms with Crippen LogP contribution in [0.5, 0.6) is 5.75 Å². The van der Waals surface area contributed by atoms with Crippen molar-refractivity contribution >= 4 is 39.8 Å². The molecule has 2 aromatic carbocycles. The van der Waals surface area contributed by atoms with Crippen molar-refractivity contribution in [3.63, 3.8) is 0 Å². The van der Waals surface area contributed by atoms with E-state index >= 15 is 0 Å². The monoisotopic (exact) mass is 416 g/mol. The highest BCUT2D eigenvalue weighted by Gasteiger charge is 2.12. The van der Waals surface area contributed by atoms with Crippen molar-refractivity contribution in [2.24, 2.45) is 0 Å². The van der Waals surface area contributed by atoms with Crippen LogP contribution in [0.3, 0.4) is 0 Å². The summed E-state index contributed by atoms with van der Waals surface area (Å²) < 4.78 is 5.96. The molecule has 1 aromatic heterocycles. The molecular weight excluding hydrogens is 396 g/mol. The largest absolute Gasteiger partial charge is 0.486 e. The Kier molecular flexibility index (Phi) is 6.49. The highest BCUT2D eigenvalue weighted by Crippen LogP contribution is 2.28. The van der Waals surface area contributed by atoms with E-state index in [-0.39, 0.29) is 0 Å². The molecule has 0 spiro atoms. The van der Waals surface area contributed by atoms with E-state index in [0.29, 0.717) is 33.4 Å². The molecule has 3 aromatic rings. The van der Waals surface area contributed by atoms with Gasteiger partial charge in [0.05, 0.1) is 0 Å². The Morgan fingerprint density at radius 3 is 2.61 bits per heavy atom. The Balaban J connectivity index is 1.58. The van der Waals surface area contributed by atoms with E-state index in [1.54, 1.807) is 24.3 Å². The van der Waals surface area contributed by atoms with Gasteiger partial charge in [-0.05, 0) is 54.3 Å². The lowest BCUT2D eigenvalue weighted by molar-refractivity contribution is 0.262. The van der Waals surface area contributed by atoms with Gasteiger partial charge in [0, 0.05) is 10.7 Å². The van der Waals surface area contributed by atoms with Gasteiger partial charge < -0.3 is 10.1 Å². The van der Waals surface area contributed by atoms with Crippen molar-refractivity contribution in [1.29, 1.82) is 0 Å². The zero-order valence-electron chi connectivity index (χ0n) is 15.8. The standard InChI is InChI=1S/C20H21ClN4O2S/c1-12(2)16-9-4-13(3)10-17(16)27-11-18-24-25-20(28-18)23-19(26)22-15-7-5-14(21)6-8-15/h4-10,12H,11H2,1-3H3,(H2,22,23,25,26). The lowest BCUT2D eigenvalue weighted by atomic mass is 10.0. The number of nitrogens with zero attached hydrogens (tertiary/aromatic N) is 2. The van der Waals surface area contributed by atoms with Gasteiger partial charge in [0.15, 0.2) is 5.01 Å². The van der Waals surface area contributed by atoms with Crippen LogP contribution in [0.4, 0.5) is 15.6 Å². The molecule has 0 saturated carbocycles. The number of aryl methyl sites for hydroxylation is 1. The average Bonchev–Trinajstić information content (AvgIpc) is 3.09. The molecule has 3 rings (SSSR count). The molecule has 0 atom stereocenters. The number of anilines is 2. The number of carbonyl (C=O) groups excluding carboxylic acids is 1. The van der Waals surface area contributed by atoms with Gasteiger partial charge in [0.2, 0.25) is 5.13 Å². The third-order valence-electron chi connectivity index (χ3n) is 3.93. The number of carbonyl (C=O) groups is 1. The van der Waals surface area contributed by atoms with E-state index in [1.807, 2.05) is 13.0 Å². The Morgan fingerprint density at radius 2 is 1.89 bits per heavy atom. The number of nitrogens with one attached hydrogen (secondary N) is 2. The predicted octanol–water partition coefficient (Wildman–Crippen LogP) is 5.85. The number of ether oxygens (including phenoxy) is 1. The van der Waals surface area contributed by atoms with Gasteiger partial charge in [0.1, 0.15) is 12.4 Å². The Hall–Kier alpha value is -2.64. The number of aromatic nitrogens is 2. The van der Waals surface area contributed by atoms with Gasteiger partial charge in [-0.15, -0.1) is 10.2 Å². The van der Waals surface area contributed by atoms with Crippen molar-refractivity contribution in [1.82, 2.24) is 10.2 Å². The fourth-order valence-corrected chi connectivity index (χ4v) is 3.31. The second-order valence-corrected chi connectivity index (χ2v) is 8.07. The molecule has 0 unspecified atom stereocenters. The van der Waals surface area contributed by atoms with E-state index in [9.17, 15) is 4.79 Å². The third-order valence-corrected chi connectivity index (χ3v) is 5.00. The third kappa shape index (κ3) is 5.43. The quantitative estimate of drug-likeness (QED) is 0.528. The van der Waals surface area contributed by atoms with Crippen LogP contribution in [0.1, 0.15) is 35.9 Å². The first kappa shape index (κ1) is 20.1. The van der Waals surface area contributed by atoms with E-state index in [1.165, 1.54) is 11.3 Å². The molecular formula is C20H21ClN4O2S. The van der Waals surface area contributed by atoms with Gasteiger partial charge in [-0.3, -0.25) is 5.32 Å². The molecule has 0 aliphatic carbocycles. The van der Waals surface area contributed by atoms with E-state index in [2.05, 4.69) is 46.8 Å². The topological polar surface area (TPSA) is 76.1 Å². The number of benzene rings is 2. The maximum Gasteiger partial charge on any atom is 0.325 e. The van der Waals surface area contributed by atoms with Crippen LogP contribution in [0.2, 0.25) is 5.02 Å². The molecule has 0 radical (unpaired) electrons. The van der Waals surface area contributed by atoms with Gasteiger partial charge in [-0.25, -0.2) is 4.79 Å². The molecule has 0 bridgehead atoms. The van der Waals surface area contributed by atoms with E-state index in [0.717, 1.165) is 16.9 Å². The first-order valence-corrected chi connectivity index (χ1v) is 9.99. The molecule has 146 valence electrons. The summed E-state index contributed by atoms with van der Waals surface area (Å²) in [6.45, 7) is 6.58. The first-order chi connectivity index (χ1) is 13.4. The van der Waals surface area contributed by atoms with Crippen LogP contribution in [0, 0.1) is 6.92 Å². The molecule has 0 fully saturated rings. The molecule has 2 amide bonds. The average molecular weight is 417 g/mol. The van der Waals surface area contributed by atoms with Crippen LogP contribution in [0.15, 0.2) is 42.5 Å². The minimum atomic E-state index is -0.397. The fourth-order valence-electron chi connectivity index (χ4n) is 2.54. The summed E-state index contributed by atoms with van der Waals surface area (Å²) in [5, 5.41) is 15.1. The van der Waals surface area contributed by atoms with Crippen molar-refractivity contribution in [3.05, 3.63) is 63.6 Å². The van der Waals surface area contributed by atoms with Gasteiger partial charge >= 0.3 is 6.03 Å². The normalized spacial score (nSPS) is 10.8. The molecule has 0 saturated heterocycles. The number of halogens is 1. The summed E-state index contributed by atoms with van der Waals surface area (Å²) >= 11 is 7.11. The van der Waals surface area contributed by atoms with Crippen LogP contribution in [-0.4, -0.2) is 16.2 Å². The second-order valence-electron chi connectivity index (χ2n) is 6.57. The zero-order valence-corrected chi connectivity index (χ0v) is 17.4. The fraction of sp³-hybridized carbons (Fsp3) is 0.250. The second kappa shape index (κ2) is 9.03. The van der Waals surface area contributed by atoms with E-state index in [4.69, 9.17) is 16.3 Å². The molecule has 28 heavy (non-hydrogen) atoms. The summed E-state index contributed by atoms with van der Waals surface area (Å²) in [5.41, 5.74) is 2.92. The lowest BCUT2D eigenvalue weighted by Crippen LogP contribution is -2.19. The van der Waals surface area contributed by atoms with Crippen molar-refractivity contribution in [2.45, 2.75) is 33.3 Å². The zero-order chi connectivity index (χ0) is 20.1. The molecule has 8 heteroatoms. The maximum atomic E-state index is 12.1. The molecule has 0 aliphatic rings. The summed E-state index contributed by atoms with van der Waals surface area (Å²) in [5.74, 6) is 1.21. The van der Waals surface area contributed by atoms with Crippen molar-refractivity contribution < 1.29 is 9.53 Å². The predicted molar refractivity (Wildman–Crippen MR) is 114 cm³/mol. The van der Waals surface area contributed by atoms with Crippen LogP contribution in [-0.2, 0) is 6.61 Å². The number of amides is 2.